The first kappa shape index (κ1) is 40.3. The molecule has 0 saturated heterocycles. The first-order valence-electron chi connectivity index (χ1n) is 18.4. The maximum Gasteiger partial charge on any atom is -0.147 e. The van der Waals surface area contributed by atoms with Gasteiger partial charge in [0.15, 0.2) is 0 Å². The average molecular weight is 939 g/mol. The number of halogens is 4. The van der Waals surface area contributed by atoms with Crippen molar-refractivity contribution in [3.05, 3.63) is 163 Å². The summed E-state index contributed by atoms with van der Waals surface area (Å²) in [5.74, 6) is 0.401. The van der Waals surface area contributed by atoms with Crippen LogP contribution in [0.25, 0.3) is 0 Å². The van der Waals surface area contributed by atoms with E-state index in [4.69, 9.17) is 0 Å². The minimum atomic E-state index is -2.97. The Kier molecular flexibility index (Phi) is 10.4. The van der Waals surface area contributed by atoms with Crippen molar-refractivity contribution in [2.24, 2.45) is 43.8 Å². The number of benzene rings is 2. The van der Waals surface area contributed by atoms with E-state index in [0.717, 1.165) is 15.4 Å². The molecular formula is C47H52Br2Cl2Zr. The molecule has 2 aromatic rings. The molecule has 6 aliphatic rings. The maximum absolute atomic E-state index is 3.78. The van der Waals surface area contributed by atoms with Crippen LogP contribution in [0.2, 0.25) is 3.63 Å². The fourth-order valence-corrected chi connectivity index (χ4v) is 24.9. The van der Waals surface area contributed by atoms with Crippen molar-refractivity contribution in [2.75, 3.05) is 0 Å². The zero-order valence-corrected chi connectivity index (χ0v) is 38.9. The van der Waals surface area contributed by atoms with Gasteiger partial charge in [-0.25, -0.2) is 0 Å². The van der Waals surface area contributed by atoms with Crippen LogP contribution in [0.5, 0.6) is 0 Å². The third-order valence-corrected chi connectivity index (χ3v) is 26.7. The van der Waals surface area contributed by atoms with Gasteiger partial charge in [0.05, 0.1) is 0 Å². The summed E-state index contributed by atoms with van der Waals surface area (Å²) in [4.78, 5) is 0. The summed E-state index contributed by atoms with van der Waals surface area (Å²) in [6, 6.07) is 18.6. The molecule has 0 nitrogen and oxygen atoms in total. The molecule has 0 aromatic heterocycles. The van der Waals surface area contributed by atoms with Crippen LogP contribution in [-0.4, -0.2) is 3.21 Å². The molecule has 5 heteroatoms. The van der Waals surface area contributed by atoms with Crippen LogP contribution in [0.3, 0.4) is 0 Å². The van der Waals surface area contributed by atoms with Crippen LogP contribution < -0.4 is 0 Å². The first-order valence-corrected chi connectivity index (χ1v) is 23.8. The van der Waals surface area contributed by atoms with Gasteiger partial charge in [-0.3, -0.25) is 0 Å². The minimum Gasteiger partial charge on any atom is -0.147 e. The number of hydrogen-bond donors (Lipinski definition) is 0. The summed E-state index contributed by atoms with van der Waals surface area (Å²) < 4.78 is 6.11. The Morgan fingerprint density at radius 1 is 0.615 bits per heavy atom. The summed E-state index contributed by atoms with van der Waals surface area (Å²) >= 11 is 4.59. The Morgan fingerprint density at radius 3 is 1.60 bits per heavy atom. The zero-order chi connectivity index (χ0) is 35.5. The quantitative estimate of drug-likeness (QED) is 0.287. The van der Waals surface area contributed by atoms with E-state index in [1.807, 2.05) is 0 Å². The molecule has 0 heterocycles. The maximum atomic E-state index is 3.78. The Bertz CT molecular complexity index is 2030. The van der Waals surface area contributed by atoms with Gasteiger partial charge in [-0.2, -0.15) is 0 Å². The molecule has 52 heavy (non-hydrogen) atoms. The van der Waals surface area contributed by atoms with Crippen molar-refractivity contribution >= 4 is 59.9 Å². The molecule has 2 aromatic carbocycles. The summed E-state index contributed by atoms with van der Waals surface area (Å²) in [5.41, 5.74) is 3.61. The topological polar surface area (TPSA) is 0 Å². The molecule has 2 fully saturated rings. The fourth-order valence-electron chi connectivity index (χ4n) is 13.1. The van der Waals surface area contributed by atoms with Crippen molar-refractivity contribution in [3.63, 3.8) is 0 Å². The van der Waals surface area contributed by atoms with Crippen LogP contribution >= 0.6 is 56.7 Å². The Labute approximate surface area is 349 Å². The number of allylic oxidation sites excluding steroid dienone is 16. The Morgan fingerprint density at radius 2 is 1.10 bits per heavy atom. The van der Waals surface area contributed by atoms with Gasteiger partial charge in [0, 0.05) is 0 Å². The normalized spacial score (nSPS) is 40.0. The van der Waals surface area contributed by atoms with E-state index in [0.29, 0.717) is 9.54 Å². The summed E-state index contributed by atoms with van der Waals surface area (Å²) in [6.45, 7) is 21.3. The van der Waals surface area contributed by atoms with Crippen LogP contribution in [0.1, 0.15) is 72.9 Å². The third kappa shape index (κ3) is 4.62. The second-order valence-corrected chi connectivity index (χ2v) is 25.3. The molecule has 9 atom stereocenters. The van der Waals surface area contributed by atoms with Crippen LogP contribution in [0.4, 0.5) is 0 Å². The molecule has 0 bridgehead atoms. The SMILES string of the molecule is CC1=CC=CC2[CH]([Zr]([C]3=CC=CC3)=[C](c3ccc(Br)cc3)c3ccc(Br)cc3)C3(C)C4(C)C=CC=CC4(C)C4(C)C=CC=CC4(C)C3(C)C12C.Cl.Cl. The van der Waals surface area contributed by atoms with Crippen molar-refractivity contribution < 1.29 is 21.3 Å². The van der Waals surface area contributed by atoms with Gasteiger partial charge < -0.3 is 0 Å². The number of fused-ring (bicyclic) bond motifs is 8. The van der Waals surface area contributed by atoms with Crippen LogP contribution in [-0.2, 0) is 21.3 Å². The van der Waals surface area contributed by atoms with Gasteiger partial charge in [-0.1, -0.05) is 0 Å². The van der Waals surface area contributed by atoms with Gasteiger partial charge in [-0.05, 0) is 0 Å². The van der Waals surface area contributed by atoms with Crippen LogP contribution in [0.15, 0.2) is 151 Å². The average Bonchev–Trinajstić information content (AvgIpc) is 3.69. The molecular weight excluding hydrogens is 886 g/mol. The molecule has 0 spiro atoms. The van der Waals surface area contributed by atoms with E-state index in [1.165, 1.54) is 11.1 Å². The summed E-state index contributed by atoms with van der Waals surface area (Å²) in [7, 11) is 0. The van der Waals surface area contributed by atoms with E-state index in [9.17, 15) is 0 Å². The predicted octanol–water partition coefficient (Wildman–Crippen LogP) is 14.3. The summed E-state index contributed by atoms with van der Waals surface area (Å²) in [5, 5.41) is 0. The van der Waals surface area contributed by atoms with Crippen molar-refractivity contribution in [1.82, 2.24) is 0 Å². The first-order chi connectivity index (χ1) is 23.7. The number of rotatable bonds is 4. The van der Waals surface area contributed by atoms with Gasteiger partial charge in [0.2, 0.25) is 0 Å². The fraction of sp³-hybridized carbons (Fsp3) is 0.383. The summed E-state index contributed by atoms with van der Waals surface area (Å²) in [6.07, 6.45) is 36.0. The molecule has 6 aliphatic carbocycles. The molecule has 0 amide bonds. The van der Waals surface area contributed by atoms with E-state index in [1.54, 1.807) is 12.1 Å². The number of hydrogen-bond acceptors (Lipinski definition) is 0. The van der Waals surface area contributed by atoms with Gasteiger partial charge >= 0.3 is 328 Å². The zero-order valence-electron chi connectivity index (χ0n) is 31.6. The van der Waals surface area contributed by atoms with E-state index in [2.05, 4.69) is 221 Å². The molecule has 9 unspecified atom stereocenters. The van der Waals surface area contributed by atoms with Crippen molar-refractivity contribution in [1.29, 1.82) is 0 Å². The van der Waals surface area contributed by atoms with E-state index in [-0.39, 0.29) is 62.7 Å². The van der Waals surface area contributed by atoms with Crippen molar-refractivity contribution in [2.45, 2.75) is 65.4 Å². The monoisotopic (exact) mass is 934 g/mol. The molecule has 2 saturated carbocycles. The van der Waals surface area contributed by atoms with E-state index >= 15 is 0 Å². The van der Waals surface area contributed by atoms with Crippen LogP contribution in [0, 0.1) is 43.8 Å². The molecule has 0 aliphatic heterocycles. The minimum absolute atomic E-state index is 0. The predicted molar refractivity (Wildman–Crippen MR) is 231 cm³/mol. The van der Waals surface area contributed by atoms with Gasteiger partial charge in [0.1, 0.15) is 0 Å². The molecule has 0 N–H and O–H groups in total. The van der Waals surface area contributed by atoms with E-state index < -0.39 is 21.3 Å². The van der Waals surface area contributed by atoms with Crippen molar-refractivity contribution in [3.8, 4) is 0 Å². The smallest absolute Gasteiger partial charge is 0.147 e. The standard InChI is InChI=1S/C29H37.C13H8Br2.C5H5.2ClH.Zr/c1-21-14-13-15-22-20-27(6)25(4)18-10-9-16-23(25,2)24(3)17-11-12-19-26(24,5)29(27,8)28(21,22)7;14-12-5-1-10(2-6-12)9-11-3-7-13(15)8-4-11;1-2-4-5-3-1;;;/h9-20,22H,1-8H3;1-8H;1-3H,4H2;2*1H;. The second-order valence-electron chi connectivity index (χ2n) is 17.1. The molecule has 0 radical (unpaired) electrons. The Hall–Kier alpha value is -1.35. The molecule has 8 rings (SSSR count). The van der Waals surface area contributed by atoms with Gasteiger partial charge in [-0.15, -0.1) is 24.8 Å². The second kappa shape index (κ2) is 13.4. The largest absolute Gasteiger partial charge is 0.147 e. The Balaban J connectivity index is 0.00000232. The van der Waals surface area contributed by atoms with Gasteiger partial charge in [0.25, 0.3) is 0 Å². The molecule has 272 valence electrons. The third-order valence-electron chi connectivity index (χ3n) is 16.5.